The molecule has 0 amide bonds. The van der Waals surface area contributed by atoms with Crippen LogP contribution in [0.1, 0.15) is 17.2 Å². The molecule has 5 nitrogen and oxygen atoms in total. The summed E-state index contributed by atoms with van der Waals surface area (Å²) in [5.74, 6) is 0. The van der Waals surface area contributed by atoms with Crippen molar-refractivity contribution in [3.8, 4) is 0 Å². The molecule has 0 fully saturated rings. The molecule has 6 heteroatoms. The first kappa shape index (κ1) is 15.3. The summed E-state index contributed by atoms with van der Waals surface area (Å²) in [4.78, 5) is 14.3. The summed E-state index contributed by atoms with van der Waals surface area (Å²) in [5.41, 5.74) is 1.55. The number of aliphatic hydroxyl groups excluding tert-OH is 1. The van der Waals surface area contributed by atoms with Crippen LogP contribution >= 0.6 is 15.9 Å². The van der Waals surface area contributed by atoms with E-state index < -0.39 is 11.0 Å². The van der Waals surface area contributed by atoms with E-state index in [0.29, 0.717) is 5.56 Å². The summed E-state index contributed by atoms with van der Waals surface area (Å²) in [5, 5.41) is 20.5. The van der Waals surface area contributed by atoms with Crippen LogP contribution < -0.4 is 0 Å². The van der Waals surface area contributed by atoms with Crippen molar-refractivity contribution in [2.24, 2.45) is 4.99 Å². The maximum absolute atomic E-state index is 10.6. The van der Waals surface area contributed by atoms with E-state index in [1.54, 1.807) is 6.21 Å². The maximum atomic E-state index is 10.6. The molecule has 0 aromatic heterocycles. The average molecular weight is 349 g/mol. The van der Waals surface area contributed by atoms with Gasteiger partial charge in [0.1, 0.15) is 0 Å². The highest BCUT2D eigenvalue weighted by Crippen LogP contribution is 2.18. The molecule has 0 aliphatic heterocycles. The van der Waals surface area contributed by atoms with Crippen molar-refractivity contribution in [3.05, 3.63) is 74.2 Å². The van der Waals surface area contributed by atoms with Gasteiger partial charge in [0.15, 0.2) is 0 Å². The van der Waals surface area contributed by atoms with Crippen LogP contribution in [0.15, 0.2) is 58.0 Å². The molecule has 0 saturated carbocycles. The number of halogens is 1. The van der Waals surface area contributed by atoms with Gasteiger partial charge in [0.05, 0.1) is 17.6 Å². The number of hydrogen-bond acceptors (Lipinski definition) is 4. The first-order valence-electron chi connectivity index (χ1n) is 6.24. The van der Waals surface area contributed by atoms with Crippen molar-refractivity contribution < 1.29 is 10.0 Å². The van der Waals surface area contributed by atoms with Crippen molar-refractivity contribution in [3.63, 3.8) is 0 Å². The number of nitro groups is 1. The molecule has 21 heavy (non-hydrogen) atoms. The molecule has 0 aliphatic rings. The minimum atomic E-state index is -0.780. The maximum Gasteiger partial charge on any atom is 0.269 e. The number of nitrogens with zero attached hydrogens (tertiary/aromatic N) is 2. The summed E-state index contributed by atoms with van der Waals surface area (Å²) in [7, 11) is 0. The molecule has 0 unspecified atom stereocenters. The second-order valence-electron chi connectivity index (χ2n) is 4.41. The Morgan fingerprint density at radius 1 is 1.19 bits per heavy atom. The number of rotatable bonds is 5. The highest BCUT2D eigenvalue weighted by atomic mass is 79.9. The van der Waals surface area contributed by atoms with Gasteiger partial charge in [0.25, 0.3) is 5.69 Å². The predicted molar refractivity (Wildman–Crippen MR) is 84.7 cm³/mol. The van der Waals surface area contributed by atoms with Crippen LogP contribution in [-0.2, 0) is 0 Å². The van der Waals surface area contributed by atoms with E-state index in [0.717, 1.165) is 10.0 Å². The Hall–Kier alpha value is -2.05. The number of nitro benzene ring substituents is 1. The molecule has 0 aliphatic carbocycles. The van der Waals surface area contributed by atoms with Crippen LogP contribution in [0.25, 0.3) is 0 Å². The lowest BCUT2D eigenvalue weighted by Gasteiger charge is -2.07. The fraction of sp³-hybridized carbons (Fsp3) is 0.133. The normalized spacial score (nSPS) is 12.5. The van der Waals surface area contributed by atoms with Crippen molar-refractivity contribution in [1.29, 1.82) is 0 Å². The first-order chi connectivity index (χ1) is 10.1. The van der Waals surface area contributed by atoms with Gasteiger partial charge in [0.2, 0.25) is 0 Å². The molecular formula is C15H13BrN2O3. The van der Waals surface area contributed by atoms with Gasteiger partial charge in [-0.3, -0.25) is 15.1 Å². The molecule has 0 radical (unpaired) electrons. The highest BCUT2D eigenvalue weighted by Gasteiger charge is 2.09. The minimum Gasteiger partial charge on any atom is -0.386 e. The lowest BCUT2D eigenvalue weighted by molar-refractivity contribution is -0.384. The van der Waals surface area contributed by atoms with Crippen molar-refractivity contribution >= 4 is 27.8 Å². The third-order valence-electron chi connectivity index (χ3n) is 2.88. The smallest absolute Gasteiger partial charge is 0.269 e. The molecule has 2 aromatic rings. The van der Waals surface area contributed by atoms with Gasteiger partial charge < -0.3 is 5.11 Å². The number of aliphatic imine (C=N–C) groups is 1. The number of benzene rings is 2. The fourth-order valence-corrected chi connectivity index (χ4v) is 1.99. The number of hydrogen-bond donors (Lipinski definition) is 1. The molecule has 2 rings (SSSR count). The third kappa shape index (κ3) is 4.47. The van der Waals surface area contributed by atoms with Crippen LogP contribution in [0.2, 0.25) is 0 Å². The molecular weight excluding hydrogens is 336 g/mol. The van der Waals surface area contributed by atoms with Gasteiger partial charge in [0, 0.05) is 22.8 Å². The lowest BCUT2D eigenvalue weighted by Crippen LogP contribution is -2.02. The summed E-state index contributed by atoms with van der Waals surface area (Å²) in [6, 6.07) is 13.5. The average Bonchev–Trinajstić information content (AvgIpc) is 2.49. The fourth-order valence-electron chi connectivity index (χ4n) is 1.73. The number of aliphatic hydroxyl groups is 1. The SMILES string of the molecule is O=[N+]([O-])c1ccc([C@@H](O)CN=Cc2ccc(Br)cc2)cc1. The van der Waals surface area contributed by atoms with Crippen LogP contribution in [0.3, 0.4) is 0 Å². The van der Waals surface area contributed by atoms with E-state index in [1.807, 2.05) is 24.3 Å². The molecule has 108 valence electrons. The van der Waals surface area contributed by atoms with E-state index >= 15 is 0 Å². The summed E-state index contributed by atoms with van der Waals surface area (Å²) in [6.45, 7) is 0.202. The Labute approximate surface area is 130 Å². The van der Waals surface area contributed by atoms with Gasteiger partial charge in [-0.1, -0.05) is 28.1 Å². The topological polar surface area (TPSA) is 75.7 Å². The standard InChI is InChI=1S/C15H13BrN2O3/c16-13-5-1-11(2-6-13)9-17-10-15(19)12-3-7-14(8-4-12)18(20)21/h1-9,15,19H,10H2/t15-/m0/s1. The molecule has 1 N–H and O–H groups in total. The summed E-state index contributed by atoms with van der Waals surface area (Å²) in [6.07, 6.45) is 0.902. The van der Waals surface area contributed by atoms with E-state index in [9.17, 15) is 15.2 Å². The zero-order chi connectivity index (χ0) is 15.2. The van der Waals surface area contributed by atoms with Gasteiger partial charge in [-0.05, 0) is 35.4 Å². The lowest BCUT2D eigenvalue weighted by atomic mass is 10.1. The van der Waals surface area contributed by atoms with Crippen LogP contribution in [0.4, 0.5) is 5.69 Å². The second-order valence-corrected chi connectivity index (χ2v) is 5.33. The highest BCUT2D eigenvalue weighted by molar-refractivity contribution is 9.10. The van der Waals surface area contributed by atoms with Crippen molar-refractivity contribution in [2.75, 3.05) is 6.54 Å². The molecule has 0 spiro atoms. The molecule has 0 bridgehead atoms. The summed E-state index contributed by atoms with van der Waals surface area (Å²) < 4.78 is 0.991. The zero-order valence-corrected chi connectivity index (χ0v) is 12.6. The van der Waals surface area contributed by atoms with Gasteiger partial charge in [-0.15, -0.1) is 0 Å². The van der Waals surface area contributed by atoms with E-state index in [2.05, 4.69) is 20.9 Å². The first-order valence-corrected chi connectivity index (χ1v) is 7.03. The van der Waals surface area contributed by atoms with Gasteiger partial charge in [-0.25, -0.2) is 0 Å². The Morgan fingerprint density at radius 3 is 2.38 bits per heavy atom. The Morgan fingerprint density at radius 2 is 1.81 bits per heavy atom. The summed E-state index contributed by atoms with van der Waals surface area (Å²) >= 11 is 3.35. The van der Waals surface area contributed by atoms with E-state index in [1.165, 1.54) is 24.3 Å². The quantitative estimate of drug-likeness (QED) is 0.510. The molecule has 0 saturated heterocycles. The zero-order valence-electron chi connectivity index (χ0n) is 11.0. The van der Waals surface area contributed by atoms with Crippen LogP contribution in [0, 0.1) is 10.1 Å². The van der Waals surface area contributed by atoms with Crippen molar-refractivity contribution in [2.45, 2.75) is 6.10 Å². The monoisotopic (exact) mass is 348 g/mol. The van der Waals surface area contributed by atoms with Crippen LogP contribution in [0.5, 0.6) is 0 Å². The van der Waals surface area contributed by atoms with Crippen LogP contribution in [-0.4, -0.2) is 22.8 Å². The van der Waals surface area contributed by atoms with E-state index in [4.69, 9.17) is 0 Å². The predicted octanol–water partition coefficient (Wildman–Crippen LogP) is 3.51. The minimum absolute atomic E-state index is 0.00399. The van der Waals surface area contributed by atoms with Gasteiger partial charge >= 0.3 is 0 Å². The molecule has 1 atom stereocenters. The Bertz CT molecular complexity index is 639. The van der Waals surface area contributed by atoms with Gasteiger partial charge in [-0.2, -0.15) is 0 Å². The Balaban J connectivity index is 1.96. The van der Waals surface area contributed by atoms with E-state index in [-0.39, 0.29) is 12.2 Å². The molecule has 0 heterocycles. The van der Waals surface area contributed by atoms with Crippen molar-refractivity contribution in [1.82, 2.24) is 0 Å². The second kappa shape index (κ2) is 7.10. The Kier molecular flexibility index (Phi) is 5.19. The molecule has 2 aromatic carbocycles. The third-order valence-corrected chi connectivity index (χ3v) is 3.41. The number of non-ortho nitro benzene ring substituents is 1. The largest absolute Gasteiger partial charge is 0.386 e.